The highest BCUT2D eigenvalue weighted by molar-refractivity contribution is 5.14. The molecule has 0 saturated heterocycles. The smallest absolute Gasteiger partial charge is 0.0319 e. The molecule has 0 atom stereocenters. The van der Waals surface area contributed by atoms with Crippen LogP contribution in [0.1, 0.15) is 76.7 Å². The van der Waals surface area contributed by atoms with E-state index in [1.165, 1.54) is 76.2 Å². The van der Waals surface area contributed by atoms with E-state index in [-0.39, 0.29) is 0 Å². The summed E-state index contributed by atoms with van der Waals surface area (Å²) in [4.78, 5) is 0. The average molecular weight is 278 g/mol. The Balaban J connectivity index is 0.00000172. The molecule has 0 aliphatic carbocycles. The van der Waals surface area contributed by atoms with Gasteiger partial charge in [0.1, 0.15) is 0 Å². The second-order valence-electron chi connectivity index (χ2n) is 5.42. The molecule has 0 bridgehead atoms. The minimum absolute atomic E-state index is 1.00. The predicted octanol–water partition coefficient (Wildman–Crippen LogP) is 5.76. The maximum Gasteiger partial charge on any atom is 0.0319 e. The number of hydrogen-bond donors (Lipinski definition) is 1. The molecule has 1 aromatic carbocycles. The molecule has 1 heteroatoms. The molecule has 0 aliphatic rings. The van der Waals surface area contributed by atoms with Crippen molar-refractivity contribution in [2.24, 2.45) is 0 Å². The topological polar surface area (TPSA) is 20.2 Å². The second kappa shape index (κ2) is 16.2. The van der Waals surface area contributed by atoms with Crippen LogP contribution in [0, 0.1) is 0 Å². The standard InChI is InChI=1S/C18H30.CH4O/c1-2-3-4-5-6-7-8-9-10-12-15-18-16-13-11-14-17-18;1-2/h11,13-14,16-17H,2-10,12,15H2,1H3;2H,1H3. The third-order valence-corrected chi connectivity index (χ3v) is 3.66. The molecule has 0 saturated carbocycles. The molecule has 1 nitrogen and oxygen atoms in total. The van der Waals surface area contributed by atoms with Gasteiger partial charge in [0.2, 0.25) is 0 Å². The highest BCUT2D eigenvalue weighted by Gasteiger charge is 1.94. The van der Waals surface area contributed by atoms with Crippen LogP contribution in [0.2, 0.25) is 0 Å². The van der Waals surface area contributed by atoms with E-state index in [0.29, 0.717) is 0 Å². The number of unbranched alkanes of at least 4 members (excludes halogenated alkanes) is 9. The lowest BCUT2D eigenvalue weighted by molar-refractivity contribution is 0.399. The van der Waals surface area contributed by atoms with Crippen molar-refractivity contribution >= 4 is 0 Å². The molecule has 0 fully saturated rings. The number of aliphatic hydroxyl groups excluding tert-OH is 1. The Morgan fingerprint density at radius 1 is 0.650 bits per heavy atom. The Morgan fingerprint density at radius 2 is 1.10 bits per heavy atom. The Kier molecular flexibility index (Phi) is 15.6. The van der Waals surface area contributed by atoms with Crippen molar-refractivity contribution in [2.75, 3.05) is 7.11 Å². The summed E-state index contributed by atoms with van der Waals surface area (Å²) in [5, 5.41) is 7.00. The Bertz CT molecular complexity index is 268. The van der Waals surface area contributed by atoms with E-state index in [2.05, 4.69) is 37.3 Å². The van der Waals surface area contributed by atoms with Crippen LogP contribution in [0.5, 0.6) is 0 Å². The fourth-order valence-electron chi connectivity index (χ4n) is 2.46. The van der Waals surface area contributed by atoms with Crippen molar-refractivity contribution < 1.29 is 5.11 Å². The Morgan fingerprint density at radius 3 is 1.60 bits per heavy atom. The SMILES string of the molecule is CCCCCCCCCCCCc1ccccc1.CO. The fourth-order valence-corrected chi connectivity index (χ4v) is 2.46. The first-order chi connectivity index (χ1) is 9.93. The lowest BCUT2D eigenvalue weighted by Crippen LogP contribution is -1.86. The molecule has 0 spiro atoms. The summed E-state index contributed by atoms with van der Waals surface area (Å²) >= 11 is 0. The summed E-state index contributed by atoms with van der Waals surface area (Å²) in [5.74, 6) is 0. The molecule has 116 valence electrons. The van der Waals surface area contributed by atoms with Gasteiger partial charge in [-0.2, -0.15) is 0 Å². The minimum atomic E-state index is 1.00. The van der Waals surface area contributed by atoms with Gasteiger partial charge in [-0.15, -0.1) is 0 Å². The normalized spacial score (nSPS) is 9.95. The lowest BCUT2D eigenvalue weighted by Gasteiger charge is -2.03. The van der Waals surface area contributed by atoms with Gasteiger partial charge in [0.25, 0.3) is 0 Å². The highest BCUT2D eigenvalue weighted by atomic mass is 16.2. The molecular weight excluding hydrogens is 244 g/mol. The van der Waals surface area contributed by atoms with Crippen LogP contribution >= 0.6 is 0 Å². The van der Waals surface area contributed by atoms with Crippen LogP contribution in [0.3, 0.4) is 0 Å². The van der Waals surface area contributed by atoms with E-state index in [0.717, 1.165) is 7.11 Å². The quantitative estimate of drug-likeness (QED) is 0.510. The molecule has 0 amide bonds. The average Bonchev–Trinajstić information content (AvgIpc) is 2.52. The summed E-state index contributed by atoms with van der Waals surface area (Å²) in [6.07, 6.45) is 15.5. The van der Waals surface area contributed by atoms with Crippen molar-refractivity contribution in [3.63, 3.8) is 0 Å². The zero-order chi connectivity index (χ0) is 14.9. The van der Waals surface area contributed by atoms with E-state index < -0.39 is 0 Å². The van der Waals surface area contributed by atoms with Gasteiger partial charge < -0.3 is 5.11 Å². The maximum atomic E-state index is 7.00. The first kappa shape index (κ1) is 19.2. The van der Waals surface area contributed by atoms with Crippen molar-refractivity contribution in [3.05, 3.63) is 35.9 Å². The van der Waals surface area contributed by atoms with E-state index in [9.17, 15) is 0 Å². The zero-order valence-electron chi connectivity index (χ0n) is 13.6. The third kappa shape index (κ3) is 12.2. The van der Waals surface area contributed by atoms with E-state index in [1.807, 2.05) is 0 Å². The number of aliphatic hydroxyl groups is 1. The summed E-state index contributed by atoms with van der Waals surface area (Å²) < 4.78 is 0. The summed E-state index contributed by atoms with van der Waals surface area (Å²) in [5.41, 5.74) is 1.50. The van der Waals surface area contributed by atoms with Gasteiger partial charge >= 0.3 is 0 Å². The van der Waals surface area contributed by atoms with E-state index >= 15 is 0 Å². The monoisotopic (exact) mass is 278 g/mol. The predicted molar refractivity (Wildman–Crippen MR) is 90.1 cm³/mol. The fraction of sp³-hybridized carbons (Fsp3) is 0.684. The molecule has 1 rings (SSSR count). The van der Waals surface area contributed by atoms with Gasteiger partial charge in [-0.3, -0.25) is 0 Å². The van der Waals surface area contributed by atoms with Gasteiger partial charge in [0.05, 0.1) is 0 Å². The first-order valence-electron chi connectivity index (χ1n) is 8.42. The van der Waals surface area contributed by atoms with Gasteiger partial charge in [-0.05, 0) is 18.4 Å². The second-order valence-corrected chi connectivity index (χ2v) is 5.42. The van der Waals surface area contributed by atoms with E-state index in [4.69, 9.17) is 5.11 Å². The molecule has 0 radical (unpaired) electrons. The zero-order valence-corrected chi connectivity index (χ0v) is 13.6. The van der Waals surface area contributed by atoms with Crippen molar-refractivity contribution in [1.29, 1.82) is 0 Å². The maximum absolute atomic E-state index is 7.00. The van der Waals surface area contributed by atoms with E-state index in [1.54, 1.807) is 0 Å². The third-order valence-electron chi connectivity index (χ3n) is 3.66. The molecule has 1 N–H and O–H groups in total. The van der Waals surface area contributed by atoms with Crippen LogP contribution in [-0.4, -0.2) is 12.2 Å². The number of hydrogen-bond acceptors (Lipinski definition) is 1. The minimum Gasteiger partial charge on any atom is -0.400 e. The van der Waals surface area contributed by atoms with Crippen LogP contribution in [-0.2, 0) is 6.42 Å². The molecule has 1 aromatic rings. The van der Waals surface area contributed by atoms with Crippen LogP contribution < -0.4 is 0 Å². The van der Waals surface area contributed by atoms with Crippen LogP contribution in [0.4, 0.5) is 0 Å². The van der Waals surface area contributed by atoms with Gasteiger partial charge in [-0.1, -0.05) is 95.0 Å². The summed E-state index contributed by atoms with van der Waals surface area (Å²) in [7, 11) is 1.00. The van der Waals surface area contributed by atoms with Crippen LogP contribution in [0.25, 0.3) is 0 Å². The summed E-state index contributed by atoms with van der Waals surface area (Å²) in [6.45, 7) is 2.28. The highest BCUT2D eigenvalue weighted by Crippen LogP contribution is 2.12. The first-order valence-corrected chi connectivity index (χ1v) is 8.42. The van der Waals surface area contributed by atoms with Crippen molar-refractivity contribution in [1.82, 2.24) is 0 Å². The molecule has 0 heterocycles. The molecule has 20 heavy (non-hydrogen) atoms. The number of benzene rings is 1. The lowest BCUT2D eigenvalue weighted by atomic mass is 10.0. The van der Waals surface area contributed by atoms with Gasteiger partial charge in [0, 0.05) is 7.11 Å². The molecular formula is C19H34O. The number of aryl methyl sites for hydroxylation is 1. The van der Waals surface area contributed by atoms with Crippen molar-refractivity contribution in [3.8, 4) is 0 Å². The molecule has 0 unspecified atom stereocenters. The largest absolute Gasteiger partial charge is 0.400 e. The Hall–Kier alpha value is -0.820. The van der Waals surface area contributed by atoms with Gasteiger partial charge in [0.15, 0.2) is 0 Å². The van der Waals surface area contributed by atoms with Gasteiger partial charge in [-0.25, -0.2) is 0 Å². The number of rotatable bonds is 11. The molecule has 0 aromatic heterocycles. The van der Waals surface area contributed by atoms with Crippen molar-refractivity contribution in [2.45, 2.75) is 77.6 Å². The molecule has 0 aliphatic heterocycles. The summed E-state index contributed by atoms with van der Waals surface area (Å²) in [6, 6.07) is 10.9. The van der Waals surface area contributed by atoms with Crippen LogP contribution in [0.15, 0.2) is 30.3 Å². The Labute approximate surface area is 126 Å².